The summed E-state index contributed by atoms with van der Waals surface area (Å²) in [7, 11) is 2.03. The first-order valence-corrected chi connectivity index (χ1v) is 9.40. The molecule has 0 fully saturated rings. The average molecular weight is 356 g/mol. The van der Waals surface area contributed by atoms with E-state index in [0.29, 0.717) is 12.3 Å². The number of thioether (sulfide) groups is 1. The van der Waals surface area contributed by atoms with Crippen LogP contribution in [0.2, 0.25) is 0 Å². The van der Waals surface area contributed by atoms with Gasteiger partial charge in [0, 0.05) is 41.3 Å². The number of aryl methyl sites for hydroxylation is 3. The zero-order valence-electron chi connectivity index (χ0n) is 15.1. The molecule has 2 heterocycles. The zero-order valence-corrected chi connectivity index (χ0v) is 15.9. The maximum Gasteiger partial charge on any atom is 0.230 e. The molecule has 0 radical (unpaired) electrons. The number of nitrogens with one attached hydrogen (secondary N) is 1. The minimum Gasteiger partial charge on any atom is -0.353 e. The van der Waals surface area contributed by atoms with Crippen molar-refractivity contribution in [2.45, 2.75) is 31.7 Å². The minimum absolute atomic E-state index is 0.0475. The van der Waals surface area contributed by atoms with Gasteiger partial charge in [-0.2, -0.15) is 5.10 Å². The van der Waals surface area contributed by atoms with E-state index in [4.69, 9.17) is 0 Å². The number of benzene rings is 1. The maximum absolute atomic E-state index is 12.2. The molecule has 0 aliphatic carbocycles. The highest BCUT2D eigenvalue weighted by Crippen LogP contribution is 2.29. The van der Waals surface area contributed by atoms with Gasteiger partial charge in [0.05, 0.1) is 17.5 Å². The number of para-hydroxylation sites is 1. The van der Waals surface area contributed by atoms with Crippen LogP contribution in [0.4, 0.5) is 0 Å². The lowest BCUT2D eigenvalue weighted by Gasteiger charge is -2.15. The van der Waals surface area contributed by atoms with E-state index in [1.54, 1.807) is 11.8 Å². The van der Waals surface area contributed by atoms with Crippen LogP contribution in [0.25, 0.3) is 10.9 Å². The molecule has 0 spiro atoms. The monoisotopic (exact) mass is 356 g/mol. The Morgan fingerprint density at radius 1 is 1.32 bits per heavy atom. The quantitative estimate of drug-likeness (QED) is 0.688. The largest absolute Gasteiger partial charge is 0.353 e. The maximum atomic E-state index is 12.2. The van der Waals surface area contributed by atoms with Crippen LogP contribution in [0.3, 0.4) is 0 Å². The van der Waals surface area contributed by atoms with Crippen molar-refractivity contribution in [1.29, 1.82) is 0 Å². The summed E-state index contributed by atoms with van der Waals surface area (Å²) >= 11 is 1.58. The smallest absolute Gasteiger partial charge is 0.230 e. The van der Waals surface area contributed by atoms with Gasteiger partial charge in [-0.15, -0.1) is 11.8 Å². The van der Waals surface area contributed by atoms with Crippen LogP contribution in [-0.4, -0.2) is 32.6 Å². The number of carbonyl (C=O) groups excluding carboxylic acids is 1. The molecule has 3 rings (SSSR count). The second-order valence-electron chi connectivity index (χ2n) is 6.43. The summed E-state index contributed by atoms with van der Waals surface area (Å²) in [5.74, 6) is 0.462. The Balaban J connectivity index is 1.55. The van der Waals surface area contributed by atoms with Crippen LogP contribution in [0, 0.1) is 13.8 Å². The SMILES string of the molecule is Cc1cc(C)n([C@@H](C)CNC(=O)CSc2cn(C)c3ccccc23)n1. The summed E-state index contributed by atoms with van der Waals surface area (Å²) < 4.78 is 4.06. The first kappa shape index (κ1) is 17.6. The fraction of sp³-hybridized carbons (Fsp3) is 0.368. The standard InChI is InChI=1S/C19H24N4OS/c1-13-9-14(2)23(21-13)15(3)10-20-19(24)12-25-18-11-22(4)17-8-6-5-7-16(17)18/h5-9,11,15H,10,12H2,1-4H3,(H,20,24)/t15-/m0/s1. The van der Waals surface area contributed by atoms with Crippen molar-refractivity contribution in [3.8, 4) is 0 Å². The van der Waals surface area contributed by atoms with Crippen molar-refractivity contribution in [3.05, 3.63) is 47.9 Å². The highest BCUT2D eigenvalue weighted by atomic mass is 32.2. The van der Waals surface area contributed by atoms with E-state index in [9.17, 15) is 4.79 Å². The molecule has 1 aromatic carbocycles. The van der Waals surface area contributed by atoms with Crippen molar-refractivity contribution < 1.29 is 4.79 Å². The summed E-state index contributed by atoms with van der Waals surface area (Å²) in [5.41, 5.74) is 3.30. The molecule has 6 heteroatoms. The van der Waals surface area contributed by atoms with Crippen molar-refractivity contribution in [2.24, 2.45) is 7.05 Å². The van der Waals surface area contributed by atoms with Gasteiger partial charge in [-0.25, -0.2) is 0 Å². The minimum atomic E-state index is 0.0475. The molecule has 0 unspecified atom stereocenters. The van der Waals surface area contributed by atoms with Gasteiger partial charge in [-0.05, 0) is 32.9 Å². The summed E-state index contributed by atoms with van der Waals surface area (Å²) in [4.78, 5) is 13.4. The lowest BCUT2D eigenvalue weighted by molar-refractivity contribution is -0.118. The summed E-state index contributed by atoms with van der Waals surface area (Å²) in [6.07, 6.45) is 2.08. The van der Waals surface area contributed by atoms with Gasteiger partial charge in [-0.3, -0.25) is 9.48 Å². The van der Waals surface area contributed by atoms with Gasteiger partial charge in [0.1, 0.15) is 0 Å². The average Bonchev–Trinajstić information content (AvgIpc) is 3.10. The fourth-order valence-electron chi connectivity index (χ4n) is 3.05. The first-order valence-electron chi connectivity index (χ1n) is 8.42. The Morgan fingerprint density at radius 3 is 2.80 bits per heavy atom. The van der Waals surface area contributed by atoms with Crippen LogP contribution < -0.4 is 5.32 Å². The third-order valence-corrected chi connectivity index (χ3v) is 5.32. The normalized spacial score (nSPS) is 12.5. The molecule has 1 atom stereocenters. The predicted octanol–water partition coefficient (Wildman–Crippen LogP) is 3.46. The number of hydrogen-bond acceptors (Lipinski definition) is 3. The molecule has 0 saturated carbocycles. The summed E-state index contributed by atoms with van der Waals surface area (Å²) in [6.45, 7) is 6.67. The lowest BCUT2D eigenvalue weighted by Crippen LogP contribution is -2.31. The van der Waals surface area contributed by atoms with Gasteiger partial charge < -0.3 is 9.88 Å². The van der Waals surface area contributed by atoms with Crippen molar-refractivity contribution >= 4 is 28.6 Å². The molecule has 1 N–H and O–H groups in total. The van der Waals surface area contributed by atoms with E-state index in [0.717, 1.165) is 16.3 Å². The Kier molecular flexibility index (Phi) is 5.18. The lowest BCUT2D eigenvalue weighted by atomic mass is 10.2. The molecule has 5 nitrogen and oxygen atoms in total. The van der Waals surface area contributed by atoms with Gasteiger partial charge in [0.15, 0.2) is 0 Å². The van der Waals surface area contributed by atoms with Gasteiger partial charge in [0.2, 0.25) is 5.91 Å². The Labute approximate surface area is 152 Å². The van der Waals surface area contributed by atoms with Crippen molar-refractivity contribution in [2.75, 3.05) is 12.3 Å². The van der Waals surface area contributed by atoms with Crippen molar-refractivity contribution in [1.82, 2.24) is 19.7 Å². The van der Waals surface area contributed by atoms with E-state index in [1.807, 2.05) is 37.7 Å². The fourth-order valence-corrected chi connectivity index (χ4v) is 4.00. The molecule has 3 aromatic rings. The molecule has 2 aromatic heterocycles. The molecule has 0 bridgehead atoms. The Morgan fingerprint density at radius 2 is 2.08 bits per heavy atom. The number of aromatic nitrogens is 3. The molecule has 0 aliphatic heterocycles. The second kappa shape index (κ2) is 7.35. The molecule has 0 aliphatic rings. The second-order valence-corrected chi connectivity index (χ2v) is 7.45. The van der Waals surface area contributed by atoms with Gasteiger partial charge in [-0.1, -0.05) is 18.2 Å². The number of carbonyl (C=O) groups is 1. The molecule has 1 amide bonds. The number of fused-ring (bicyclic) bond motifs is 1. The first-order chi connectivity index (χ1) is 12.0. The van der Waals surface area contributed by atoms with E-state index >= 15 is 0 Å². The number of nitrogens with zero attached hydrogens (tertiary/aromatic N) is 3. The Hall–Kier alpha value is -2.21. The molecular formula is C19H24N4OS. The number of hydrogen-bond donors (Lipinski definition) is 1. The molecule has 132 valence electrons. The Bertz CT molecular complexity index is 896. The van der Waals surface area contributed by atoms with E-state index in [1.165, 1.54) is 10.9 Å². The van der Waals surface area contributed by atoms with E-state index in [-0.39, 0.29) is 11.9 Å². The van der Waals surface area contributed by atoms with Crippen LogP contribution in [0.1, 0.15) is 24.4 Å². The van der Waals surface area contributed by atoms with E-state index < -0.39 is 0 Å². The summed E-state index contributed by atoms with van der Waals surface area (Å²) in [5, 5.41) is 8.68. The van der Waals surface area contributed by atoms with Crippen LogP contribution in [0.5, 0.6) is 0 Å². The summed E-state index contributed by atoms with van der Waals surface area (Å²) in [6, 6.07) is 10.4. The number of amides is 1. The van der Waals surface area contributed by atoms with Crippen LogP contribution in [-0.2, 0) is 11.8 Å². The topological polar surface area (TPSA) is 51.9 Å². The third-order valence-electron chi connectivity index (χ3n) is 4.28. The molecular weight excluding hydrogens is 332 g/mol. The van der Waals surface area contributed by atoms with Gasteiger partial charge in [0.25, 0.3) is 0 Å². The van der Waals surface area contributed by atoms with Crippen LogP contribution in [0.15, 0.2) is 41.4 Å². The van der Waals surface area contributed by atoms with Crippen LogP contribution >= 0.6 is 11.8 Å². The zero-order chi connectivity index (χ0) is 18.0. The number of rotatable bonds is 6. The van der Waals surface area contributed by atoms with Gasteiger partial charge >= 0.3 is 0 Å². The highest BCUT2D eigenvalue weighted by molar-refractivity contribution is 8.00. The highest BCUT2D eigenvalue weighted by Gasteiger charge is 2.12. The predicted molar refractivity (Wildman–Crippen MR) is 103 cm³/mol. The van der Waals surface area contributed by atoms with E-state index in [2.05, 4.69) is 46.3 Å². The van der Waals surface area contributed by atoms with Crippen molar-refractivity contribution in [3.63, 3.8) is 0 Å². The molecule has 0 saturated heterocycles. The third kappa shape index (κ3) is 3.90. The molecule has 25 heavy (non-hydrogen) atoms.